The number of aromatic nitrogens is 1. The summed E-state index contributed by atoms with van der Waals surface area (Å²) in [4.78, 5) is 17.5. The maximum atomic E-state index is 12.4. The van der Waals surface area contributed by atoms with Gasteiger partial charge in [0.2, 0.25) is 0 Å². The molecule has 0 saturated carbocycles. The van der Waals surface area contributed by atoms with Crippen molar-refractivity contribution >= 4 is 23.4 Å². The first-order valence-corrected chi connectivity index (χ1v) is 8.47. The number of nitrogens with one attached hydrogen (secondary N) is 1. The van der Waals surface area contributed by atoms with Gasteiger partial charge in [0.05, 0.1) is 5.69 Å². The molecule has 0 fully saturated rings. The number of rotatable bonds is 6. The van der Waals surface area contributed by atoms with E-state index in [-0.39, 0.29) is 11.4 Å². The van der Waals surface area contributed by atoms with Crippen LogP contribution in [0.15, 0.2) is 82.8 Å². The first kappa shape index (κ1) is 17.9. The molecular formula is C19H14F2N2O2S. The van der Waals surface area contributed by atoms with E-state index in [0.29, 0.717) is 5.56 Å². The molecule has 0 aliphatic heterocycles. The molecular weight excluding hydrogens is 358 g/mol. The van der Waals surface area contributed by atoms with Crippen molar-refractivity contribution in [1.82, 2.24) is 4.98 Å². The molecule has 7 heteroatoms. The Morgan fingerprint density at radius 1 is 1.00 bits per heavy atom. The molecule has 0 radical (unpaired) electrons. The fourth-order valence-corrected chi connectivity index (χ4v) is 2.94. The summed E-state index contributed by atoms with van der Waals surface area (Å²) < 4.78 is 29.3. The fourth-order valence-electron chi connectivity index (χ4n) is 2.17. The molecule has 0 aliphatic carbocycles. The number of para-hydroxylation sites is 2. The smallest absolute Gasteiger partial charge is 0.387 e. The third-order valence-electron chi connectivity index (χ3n) is 3.33. The quantitative estimate of drug-likeness (QED) is 0.655. The van der Waals surface area contributed by atoms with E-state index in [1.807, 2.05) is 18.2 Å². The number of nitrogens with zero attached hydrogens (tertiary/aromatic N) is 1. The Balaban J connectivity index is 1.69. The van der Waals surface area contributed by atoms with E-state index >= 15 is 0 Å². The minimum Gasteiger partial charge on any atom is -0.433 e. The second-order valence-electron chi connectivity index (χ2n) is 5.12. The average Bonchev–Trinajstić information content (AvgIpc) is 2.64. The number of pyridine rings is 1. The molecule has 1 amide bonds. The van der Waals surface area contributed by atoms with Gasteiger partial charge in [-0.15, -0.1) is 0 Å². The summed E-state index contributed by atoms with van der Waals surface area (Å²) in [5.41, 5.74) is 0.590. The number of ether oxygens (including phenoxy) is 1. The lowest BCUT2D eigenvalue weighted by molar-refractivity contribution is -0.0493. The number of hydrogen-bond donors (Lipinski definition) is 1. The molecule has 0 bridgehead atoms. The third kappa shape index (κ3) is 4.80. The summed E-state index contributed by atoms with van der Waals surface area (Å²) in [7, 11) is 0. The van der Waals surface area contributed by atoms with E-state index in [9.17, 15) is 13.6 Å². The number of carbonyl (C=O) groups is 1. The lowest BCUT2D eigenvalue weighted by Crippen LogP contribution is -2.13. The van der Waals surface area contributed by atoms with Gasteiger partial charge in [0.25, 0.3) is 5.91 Å². The van der Waals surface area contributed by atoms with Gasteiger partial charge in [-0.3, -0.25) is 4.79 Å². The molecule has 132 valence electrons. The lowest BCUT2D eigenvalue weighted by atomic mass is 10.2. The van der Waals surface area contributed by atoms with Crippen LogP contribution < -0.4 is 10.1 Å². The number of benzene rings is 2. The van der Waals surface area contributed by atoms with Crippen LogP contribution in [0.5, 0.6) is 5.75 Å². The van der Waals surface area contributed by atoms with E-state index in [1.165, 1.54) is 23.9 Å². The highest BCUT2D eigenvalue weighted by molar-refractivity contribution is 7.99. The zero-order valence-electron chi connectivity index (χ0n) is 13.4. The Morgan fingerprint density at radius 3 is 2.42 bits per heavy atom. The van der Waals surface area contributed by atoms with Gasteiger partial charge < -0.3 is 10.1 Å². The molecule has 3 aromatic rings. The predicted molar refractivity (Wildman–Crippen MR) is 95.8 cm³/mol. The number of alkyl halides is 2. The van der Waals surface area contributed by atoms with Crippen molar-refractivity contribution in [3.05, 3.63) is 78.5 Å². The third-order valence-corrected chi connectivity index (χ3v) is 4.29. The van der Waals surface area contributed by atoms with Crippen LogP contribution in [-0.2, 0) is 0 Å². The number of halogens is 2. The van der Waals surface area contributed by atoms with Crippen LogP contribution in [0.3, 0.4) is 0 Å². The molecule has 26 heavy (non-hydrogen) atoms. The van der Waals surface area contributed by atoms with Gasteiger partial charge in [0, 0.05) is 16.7 Å². The summed E-state index contributed by atoms with van der Waals surface area (Å²) >= 11 is 1.48. The normalized spacial score (nSPS) is 10.6. The highest BCUT2D eigenvalue weighted by Gasteiger charge is 2.13. The topological polar surface area (TPSA) is 51.2 Å². The van der Waals surface area contributed by atoms with Gasteiger partial charge >= 0.3 is 6.61 Å². The van der Waals surface area contributed by atoms with Gasteiger partial charge in [-0.25, -0.2) is 4.98 Å². The number of carbonyl (C=O) groups excluding carboxylic acids is 1. The zero-order valence-corrected chi connectivity index (χ0v) is 14.2. The molecule has 2 aromatic carbocycles. The van der Waals surface area contributed by atoms with E-state index < -0.39 is 12.5 Å². The summed E-state index contributed by atoms with van der Waals surface area (Å²) in [5, 5.41) is 3.43. The fraction of sp³-hybridized carbons (Fsp3) is 0.0526. The Bertz CT molecular complexity index is 874. The molecule has 3 rings (SSSR count). The first-order valence-electron chi connectivity index (χ1n) is 7.66. The molecule has 1 heterocycles. The van der Waals surface area contributed by atoms with E-state index in [0.717, 1.165) is 9.92 Å². The molecule has 0 spiro atoms. The van der Waals surface area contributed by atoms with Crippen LogP contribution >= 0.6 is 11.8 Å². The highest BCUT2D eigenvalue weighted by Crippen LogP contribution is 2.28. The molecule has 1 N–H and O–H groups in total. The van der Waals surface area contributed by atoms with Crippen molar-refractivity contribution in [2.45, 2.75) is 16.5 Å². The zero-order chi connectivity index (χ0) is 18.4. The Labute approximate surface area is 153 Å². The Morgan fingerprint density at radius 2 is 1.73 bits per heavy atom. The number of anilines is 1. The largest absolute Gasteiger partial charge is 0.433 e. The SMILES string of the molecule is O=C(Nc1ccccc1OC(F)F)c1ccc(Sc2ccccn2)cc1. The summed E-state index contributed by atoms with van der Waals surface area (Å²) in [5.74, 6) is -0.497. The van der Waals surface area contributed by atoms with Crippen LogP contribution in [0, 0.1) is 0 Å². The summed E-state index contributed by atoms with van der Waals surface area (Å²) in [6.45, 7) is -2.96. The molecule has 1 aromatic heterocycles. The van der Waals surface area contributed by atoms with Gasteiger partial charge in [-0.05, 0) is 48.5 Å². The number of amides is 1. The van der Waals surface area contributed by atoms with Gasteiger partial charge in [0.1, 0.15) is 10.8 Å². The Kier molecular flexibility index (Phi) is 5.80. The van der Waals surface area contributed by atoms with Gasteiger partial charge in [-0.2, -0.15) is 8.78 Å². The monoisotopic (exact) mass is 372 g/mol. The minimum atomic E-state index is -2.96. The Hall–Kier alpha value is -2.93. The van der Waals surface area contributed by atoms with E-state index in [4.69, 9.17) is 0 Å². The number of hydrogen-bond acceptors (Lipinski definition) is 4. The molecule has 0 unspecified atom stereocenters. The highest BCUT2D eigenvalue weighted by atomic mass is 32.2. The maximum Gasteiger partial charge on any atom is 0.387 e. The molecule has 0 saturated heterocycles. The molecule has 0 atom stereocenters. The van der Waals surface area contributed by atoms with Crippen molar-refractivity contribution in [1.29, 1.82) is 0 Å². The molecule has 4 nitrogen and oxygen atoms in total. The second kappa shape index (κ2) is 8.44. The van der Waals surface area contributed by atoms with E-state index in [2.05, 4.69) is 15.0 Å². The van der Waals surface area contributed by atoms with Crippen LogP contribution in [0.25, 0.3) is 0 Å². The van der Waals surface area contributed by atoms with Crippen molar-refractivity contribution in [3.8, 4) is 5.75 Å². The maximum absolute atomic E-state index is 12.4. The standard InChI is InChI=1S/C19H14F2N2O2S/c20-19(21)25-16-6-2-1-5-15(16)23-18(24)13-8-10-14(11-9-13)26-17-7-3-4-12-22-17/h1-12,19H,(H,23,24). The van der Waals surface area contributed by atoms with Crippen LogP contribution in [0.1, 0.15) is 10.4 Å². The predicted octanol–water partition coefficient (Wildman–Crippen LogP) is 5.09. The van der Waals surface area contributed by atoms with Crippen molar-refractivity contribution < 1.29 is 18.3 Å². The van der Waals surface area contributed by atoms with Crippen LogP contribution in [0.2, 0.25) is 0 Å². The van der Waals surface area contributed by atoms with Gasteiger partial charge in [0.15, 0.2) is 0 Å². The average molecular weight is 372 g/mol. The van der Waals surface area contributed by atoms with Crippen molar-refractivity contribution in [2.75, 3.05) is 5.32 Å². The molecule has 0 aliphatic rings. The second-order valence-corrected chi connectivity index (χ2v) is 6.22. The van der Waals surface area contributed by atoms with Crippen LogP contribution in [0.4, 0.5) is 14.5 Å². The summed E-state index contributed by atoms with van der Waals surface area (Å²) in [6, 6.07) is 18.6. The minimum absolute atomic E-state index is 0.0850. The van der Waals surface area contributed by atoms with Crippen molar-refractivity contribution in [3.63, 3.8) is 0 Å². The first-order chi connectivity index (χ1) is 12.6. The summed E-state index contributed by atoms with van der Waals surface area (Å²) in [6.07, 6.45) is 1.71. The van der Waals surface area contributed by atoms with E-state index in [1.54, 1.807) is 42.6 Å². The van der Waals surface area contributed by atoms with Gasteiger partial charge in [-0.1, -0.05) is 30.0 Å². The lowest BCUT2D eigenvalue weighted by Gasteiger charge is -2.11. The van der Waals surface area contributed by atoms with Crippen LogP contribution in [-0.4, -0.2) is 17.5 Å². The van der Waals surface area contributed by atoms with Crippen molar-refractivity contribution in [2.24, 2.45) is 0 Å².